The molecule has 0 aliphatic heterocycles. The van der Waals surface area contributed by atoms with E-state index in [0.717, 1.165) is 17.3 Å². The van der Waals surface area contributed by atoms with Crippen LogP contribution in [0.1, 0.15) is 31.3 Å². The van der Waals surface area contributed by atoms with Crippen molar-refractivity contribution in [2.75, 3.05) is 25.6 Å². The second-order valence-electron chi connectivity index (χ2n) is 5.12. The van der Waals surface area contributed by atoms with Gasteiger partial charge in [-0.15, -0.1) is 0 Å². The molecular weight excluding hydrogens is 280 g/mol. The Balaban J connectivity index is 2.08. The van der Waals surface area contributed by atoms with Crippen molar-refractivity contribution in [3.05, 3.63) is 42.0 Å². The number of ether oxygens (including phenoxy) is 2. The smallest absolute Gasteiger partial charge is 0.218 e. The van der Waals surface area contributed by atoms with Crippen molar-refractivity contribution in [3.8, 4) is 5.88 Å². The van der Waals surface area contributed by atoms with E-state index in [9.17, 15) is 0 Å². The second kappa shape index (κ2) is 8.29. The lowest BCUT2D eigenvalue weighted by atomic mass is 10.2. The van der Waals surface area contributed by atoms with Gasteiger partial charge in [-0.25, -0.2) is 4.98 Å². The van der Waals surface area contributed by atoms with E-state index >= 15 is 0 Å². The van der Waals surface area contributed by atoms with Gasteiger partial charge in [-0.2, -0.15) is 4.98 Å². The summed E-state index contributed by atoms with van der Waals surface area (Å²) in [6.07, 6.45) is 1.77. The van der Waals surface area contributed by atoms with Crippen LogP contribution in [-0.4, -0.2) is 35.3 Å². The number of aromatic nitrogens is 3. The Labute approximate surface area is 130 Å². The van der Waals surface area contributed by atoms with Crippen molar-refractivity contribution >= 4 is 5.82 Å². The summed E-state index contributed by atoms with van der Waals surface area (Å²) in [6.45, 7) is 5.70. The number of hydrogen-bond donors (Lipinski definition) is 1. The van der Waals surface area contributed by atoms with E-state index in [1.54, 1.807) is 19.4 Å². The molecule has 0 radical (unpaired) electrons. The molecule has 0 bridgehead atoms. The van der Waals surface area contributed by atoms with E-state index in [0.29, 0.717) is 25.6 Å². The Hall–Kier alpha value is -2.21. The first-order chi connectivity index (χ1) is 10.7. The molecular formula is C16H22N4O2. The number of nitrogens with one attached hydrogen (secondary N) is 1. The number of methoxy groups -OCH3 is 1. The van der Waals surface area contributed by atoms with Crippen LogP contribution in [0.5, 0.6) is 5.88 Å². The molecule has 0 aliphatic rings. The van der Waals surface area contributed by atoms with Crippen molar-refractivity contribution in [3.63, 3.8) is 0 Å². The average molecular weight is 302 g/mol. The Kier molecular flexibility index (Phi) is 6.09. The van der Waals surface area contributed by atoms with E-state index < -0.39 is 0 Å². The lowest BCUT2D eigenvalue weighted by molar-refractivity contribution is 0.143. The van der Waals surface area contributed by atoms with Crippen LogP contribution in [-0.2, 0) is 11.3 Å². The molecule has 118 valence electrons. The Morgan fingerprint density at radius 3 is 2.73 bits per heavy atom. The Morgan fingerprint density at radius 2 is 2.05 bits per heavy atom. The van der Waals surface area contributed by atoms with Gasteiger partial charge in [0.05, 0.1) is 18.8 Å². The maximum Gasteiger partial charge on any atom is 0.218 e. The minimum absolute atomic E-state index is 0.223. The van der Waals surface area contributed by atoms with Crippen LogP contribution in [0, 0.1) is 0 Å². The van der Waals surface area contributed by atoms with Gasteiger partial charge >= 0.3 is 0 Å². The van der Waals surface area contributed by atoms with Crippen LogP contribution in [0.4, 0.5) is 5.82 Å². The summed E-state index contributed by atoms with van der Waals surface area (Å²) in [6, 6.07) is 7.62. The first-order valence-electron chi connectivity index (χ1n) is 7.33. The Bertz CT molecular complexity index is 576. The molecule has 0 unspecified atom stereocenters. The maximum absolute atomic E-state index is 5.60. The zero-order valence-corrected chi connectivity index (χ0v) is 13.2. The van der Waals surface area contributed by atoms with E-state index in [2.05, 4.69) is 34.1 Å². The molecule has 0 saturated carbocycles. The molecule has 0 aromatic carbocycles. The topological polar surface area (TPSA) is 69.2 Å². The van der Waals surface area contributed by atoms with Gasteiger partial charge in [-0.3, -0.25) is 4.98 Å². The molecule has 0 amide bonds. The molecule has 0 aliphatic carbocycles. The molecule has 2 rings (SSSR count). The highest BCUT2D eigenvalue weighted by Crippen LogP contribution is 2.19. The third-order valence-corrected chi connectivity index (χ3v) is 2.95. The number of rotatable bonds is 8. The molecule has 2 heterocycles. The molecule has 0 spiro atoms. The molecule has 2 aromatic heterocycles. The lowest BCUT2D eigenvalue weighted by Crippen LogP contribution is -2.10. The number of hydrogen-bond acceptors (Lipinski definition) is 6. The van der Waals surface area contributed by atoms with E-state index in [1.165, 1.54) is 0 Å². The summed E-state index contributed by atoms with van der Waals surface area (Å²) >= 11 is 0. The lowest BCUT2D eigenvalue weighted by Gasteiger charge is -2.12. The maximum atomic E-state index is 5.60. The van der Waals surface area contributed by atoms with Crippen LogP contribution in [0.3, 0.4) is 0 Å². The van der Waals surface area contributed by atoms with Gasteiger partial charge < -0.3 is 14.8 Å². The summed E-state index contributed by atoms with van der Waals surface area (Å²) < 4.78 is 10.6. The normalized spacial score (nSPS) is 10.7. The van der Waals surface area contributed by atoms with Crippen LogP contribution in [0.25, 0.3) is 0 Å². The Morgan fingerprint density at radius 1 is 1.18 bits per heavy atom. The molecule has 0 saturated heterocycles. The molecule has 1 N–H and O–H groups in total. The molecule has 2 aromatic rings. The van der Waals surface area contributed by atoms with Crippen LogP contribution < -0.4 is 10.1 Å². The second-order valence-corrected chi connectivity index (χ2v) is 5.12. The highest BCUT2D eigenvalue weighted by molar-refractivity contribution is 5.39. The third-order valence-electron chi connectivity index (χ3n) is 2.95. The summed E-state index contributed by atoms with van der Waals surface area (Å²) in [5.41, 5.74) is 0.953. The third kappa shape index (κ3) is 4.96. The van der Waals surface area contributed by atoms with E-state index in [-0.39, 0.29) is 5.92 Å². The summed E-state index contributed by atoms with van der Waals surface area (Å²) in [5, 5.41) is 3.26. The fourth-order valence-electron chi connectivity index (χ4n) is 1.78. The van der Waals surface area contributed by atoms with Gasteiger partial charge in [0.1, 0.15) is 18.2 Å². The first kappa shape index (κ1) is 16.2. The molecule has 22 heavy (non-hydrogen) atoms. The van der Waals surface area contributed by atoms with Crippen molar-refractivity contribution in [2.45, 2.75) is 26.3 Å². The van der Waals surface area contributed by atoms with Crippen LogP contribution in [0.2, 0.25) is 0 Å². The highest BCUT2D eigenvalue weighted by atomic mass is 16.5. The van der Waals surface area contributed by atoms with Crippen molar-refractivity contribution < 1.29 is 9.47 Å². The van der Waals surface area contributed by atoms with Gasteiger partial charge in [0, 0.05) is 25.3 Å². The van der Waals surface area contributed by atoms with E-state index in [1.807, 2.05) is 18.2 Å². The number of pyridine rings is 1. The van der Waals surface area contributed by atoms with Crippen molar-refractivity contribution in [1.29, 1.82) is 0 Å². The van der Waals surface area contributed by atoms with Gasteiger partial charge in [0.25, 0.3) is 0 Å². The summed E-state index contributed by atoms with van der Waals surface area (Å²) in [5.74, 6) is 2.26. The van der Waals surface area contributed by atoms with Gasteiger partial charge in [-0.05, 0) is 12.1 Å². The minimum atomic E-state index is 0.223. The average Bonchev–Trinajstić information content (AvgIpc) is 2.54. The van der Waals surface area contributed by atoms with Gasteiger partial charge in [0.15, 0.2) is 0 Å². The van der Waals surface area contributed by atoms with Crippen LogP contribution in [0.15, 0.2) is 30.5 Å². The molecule has 0 atom stereocenters. The summed E-state index contributed by atoms with van der Waals surface area (Å²) in [4.78, 5) is 13.2. The first-order valence-corrected chi connectivity index (χ1v) is 7.33. The predicted octanol–water partition coefficient (Wildman–Crippen LogP) is 2.63. The molecule has 0 fully saturated rings. The number of anilines is 1. The quantitative estimate of drug-likeness (QED) is 0.756. The van der Waals surface area contributed by atoms with Crippen LogP contribution >= 0.6 is 0 Å². The van der Waals surface area contributed by atoms with E-state index in [4.69, 9.17) is 9.47 Å². The van der Waals surface area contributed by atoms with Crippen molar-refractivity contribution in [1.82, 2.24) is 15.0 Å². The monoisotopic (exact) mass is 302 g/mol. The summed E-state index contributed by atoms with van der Waals surface area (Å²) in [7, 11) is 1.64. The standard InChI is InChI=1S/C16H22N4O2/c1-12(2)16-19-14(10-15(20-16)22-9-8-21-3)18-11-13-6-4-5-7-17-13/h4-7,10,12H,8-9,11H2,1-3H3,(H,18,19,20). The zero-order chi connectivity index (χ0) is 15.8. The molecule has 6 nitrogen and oxygen atoms in total. The fraction of sp³-hybridized carbons (Fsp3) is 0.438. The van der Waals surface area contributed by atoms with Gasteiger partial charge in [-0.1, -0.05) is 19.9 Å². The highest BCUT2D eigenvalue weighted by Gasteiger charge is 2.09. The van der Waals surface area contributed by atoms with Crippen molar-refractivity contribution in [2.24, 2.45) is 0 Å². The van der Waals surface area contributed by atoms with Gasteiger partial charge in [0.2, 0.25) is 5.88 Å². The minimum Gasteiger partial charge on any atom is -0.475 e. The molecule has 6 heteroatoms. The SMILES string of the molecule is COCCOc1cc(NCc2ccccn2)nc(C(C)C)n1. The number of nitrogens with zero attached hydrogens (tertiary/aromatic N) is 3. The zero-order valence-electron chi connectivity index (χ0n) is 13.2. The fourth-order valence-corrected chi connectivity index (χ4v) is 1.78. The predicted molar refractivity (Wildman–Crippen MR) is 85.1 cm³/mol. The largest absolute Gasteiger partial charge is 0.475 e.